The highest BCUT2D eigenvalue weighted by atomic mass is 14.9. The van der Waals surface area contributed by atoms with E-state index in [0.29, 0.717) is 0 Å². The molecular weight excluding hydrogens is 88.1 g/mol. The van der Waals surface area contributed by atoms with E-state index in [1.807, 2.05) is 6.92 Å². The first-order valence-corrected chi connectivity index (χ1v) is 1.85. The quantitative estimate of drug-likeness (QED) is 0.521. The summed E-state index contributed by atoms with van der Waals surface area (Å²) in [7, 11) is 0. The second-order valence-corrected chi connectivity index (χ2v) is 1.17. The summed E-state index contributed by atoms with van der Waals surface area (Å²) < 4.78 is 0. The van der Waals surface area contributed by atoms with Gasteiger partial charge in [-0.1, -0.05) is 7.43 Å². The maximum atomic E-state index is 3.86. The van der Waals surface area contributed by atoms with Crippen molar-refractivity contribution in [3.8, 4) is 0 Å². The molecule has 0 aliphatic carbocycles. The van der Waals surface area contributed by atoms with Crippen LogP contribution in [0.25, 0.3) is 0 Å². The molecule has 0 aliphatic rings. The van der Waals surface area contributed by atoms with E-state index in [1.54, 1.807) is 12.4 Å². The minimum absolute atomic E-state index is 0. The standard InChI is InChI=1S/C4H6N2.CH4/c1-4-5-2-3-6-4;/h2-3H,1H3,(H,5,6);1H4. The monoisotopic (exact) mass is 98.1 g/mol. The number of nitrogens with one attached hydrogen (secondary N) is 1. The van der Waals surface area contributed by atoms with Gasteiger partial charge in [-0.05, 0) is 6.92 Å². The van der Waals surface area contributed by atoms with Crippen molar-refractivity contribution in [2.75, 3.05) is 0 Å². The zero-order chi connectivity index (χ0) is 4.41. The molecule has 0 bridgehead atoms. The predicted octanol–water partition coefficient (Wildman–Crippen LogP) is 1.35. The Morgan fingerprint density at radius 3 is 2.57 bits per heavy atom. The lowest BCUT2D eigenvalue weighted by molar-refractivity contribution is 1.15. The van der Waals surface area contributed by atoms with Gasteiger partial charge in [-0.25, -0.2) is 4.98 Å². The normalized spacial score (nSPS) is 7.57. The fraction of sp³-hybridized carbons (Fsp3) is 0.400. The van der Waals surface area contributed by atoms with Crippen molar-refractivity contribution in [2.45, 2.75) is 14.4 Å². The Morgan fingerprint density at radius 2 is 2.43 bits per heavy atom. The summed E-state index contributed by atoms with van der Waals surface area (Å²) in [6, 6.07) is 0. The van der Waals surface area contributed by atoms with Crippen molar-refractivity contribution >= 4 is 0 Å². The van der Waals surface area contributed by atoms with Gasteiger partial charge in [-0.15, -0.1) is 0 Å². The number of nitrogens with zero attached hydrogens (tertiary/aromatic N) is 1. The summed E-state index contributed by atoms with van der Waals surface area (Å²) in [5.74, 6) is 0.968. The predicted molar refractivity (Wildman–Crippen MR) is 30.1 cm³/mol. The molecule has 1 rings (SSSR count). The number of aromatic nitrogens is 2. The molecule has 1 heterocycles. The van der Waals surface area contributed by atoms with Gasteiger partial charge in [0.1, 0.15) is 5.82 Å². The average molecular weight is 98.1 g/mol. The molecule has 1 aromatic rings. The lowest BCUT2D eigenvalue weighted by Gasteiger charge is -1.68. The molecule has 0 atom stereocenters. The Balaban J connectivity index is 0.000000360. The lowest BCUT2D eigenvalue weighted by Crippen LogP contribution is -1.66. The lowest BCUT2D eigenvalue weighted by atomic mass is 10.8. The number of hydrogen-bond donors (Lipinski definition) is 1. The molecule has 2 nitrogen and oxygen atoms in total. The smallest absolute Gasteiger partial charge is 0.102 e. The summed E-state index contributed by atoms with van der Waals surface area (Å²) in [5, 5.41) is 0. The number of H-pyrrole nitrogens is 1. The summed E-state index contributed by atoms with van der Waals surface area (Å²) in [5.41, 5.74) is 0. The third-order valence-corrected chi connectivity index (χ3v) is 0.635. The van der Waals surface area contributed by atoms with Crippen molar-refractivity contribution in [2.24, 2.45) is 0 Å². The Bertz CT molecular complexity index is 110. The van der Waals surface area contributed by atoms with E-state index >= 15 is 0 Å². The fourth-order valence-corrected chi connectivity index (χ4v) is 0.344. The maximum Gasteiger partial charge on any atom is 0.102 e. The Labute approximate surface area is 43.6 Å². The van der Waals surface area contributed by atoms with Crippen molar-refractivity contribution in [3.63, 3.8) is 0 Å². The van der Waals surface area contributed by atoms with E-state index in [1.165, 1.54) is 0 Å². The molecule has 0 aliphatic heterocycles. The van der Waals surface area contributed by atoms with Crippen LogP contribution < -0.4 is 0 Å². The average Bonchev–Trinajstić information content (AvgIpc) is 1.86. The van der Waals surface area contributed by atoms with Crippen LogP contribution in [0.15, 0.2) is 12.4 Å². The van der Waals surface area contributed by atoms with Gasteiger partial charge in [0.05, 0.1) is 0 Å². The first-order valence-electron chi connectivity index (χ1n) is 1.85. The number of aryl methyl sites for hydroxylation is 1. The van der Waals surface area contributed by atoms with Crippen LogP contribution in [0, 0.1) is 6.92 Å². The van der Waals surface area contributed by atoms with E-state index in [-0.39, 0.29) is 7.43 Å². The molecule has 0 fully saturated rings. The molecular formula is C5H10N2. The second-order valence-electron chi connectivity index (χ2n) is 1.17. The van der Waals surface area contributed by atoms with Gasteiger partial charge in [-0.3, -0.25) is 0 Å². The molecule has 1 aromatic heterocycles. The van der Waals surface area contributed by atoms with Gasteiger partial charge in [0, 0.05) is 12.4 Å². The van der Waals surface area contributed by atoms with Crippen LogP contribution in [0.3, 0.4) is 0 Å². The van der Waals surface area contributed by atoms with E-state index in [9.17, 15) is 0 Å². The van der Waals surface area contributed by atoms with Gasteiger partial charge in [0.15, 0.2) is 0 Å². The van der Waals surface area contributed by atoms with Gasteiger partial charge in [0.25, 0.3) is 0 Å². The van der Waals surface area contributed by atoms with E-state index in [4.69, 9.17) is 0 Å². The zero-order valence-electron chi connectivity index (χ0n) is 3.60. The molecule has 0 radical (unpaired) electrons. The Morgan fingerprint density at radius 1 is 1.71 bits per heavy atom. The van der Waals surface area contributed by atoms with Gasteiger partial charge >= 0.3 is 0 Å². The minimum atomic E-state index is 0. The van der Waals surface area contributed by atoms with Crippen LogP contribution in [-0.4, -0.2) is 9.97 Å². The van der Waals surface area contributed by atoms with E-state index in [2.05, 4.69) is 9.97 Å². The van der Waals surface area contributed by atoms with Crippen molar-refractivity contribution in [1.82, 2.24) is 9.97 Å². The van der Waals surface area contributed by atoms with Crippen LogP contribution >= 0.6 is 0 Å². The van der Waals surface area contributed by atoms with Crippen LogP contribution in [-0.2, 0) is 0 Å². The zero-order valence-corrected chi connectivity index (χ0v) is 3.60. The summed E-state index contributed by atoms with van der Waals surface area (Å²) >= 11 is 0. The SMILES string of the molecule is C.Cc1ncc[nH]1. The van der Waals surface area contributed by atoms with Gasteiger partial charge in [0.2, 0.25) is 0 Å². The molecule has 40 valence electrons. The third kappa shape index (κ3) is 1.39. The van der Waals surface area contributed by atoms with Crippen LogP contribution in [0.4, 0.5) is 0 Å². The van der Waals surface area contributed by atoms with Crippen molar-refractivity contribution in [3.05, 3.63) is 18.2 Å². The molecule has 0 saturated heterocycles. The number of rotatable bonds is 0. The summed E-state index contributed by atoms with van der Waals surface area (Å²) in [6.07, 6.45) is 3.53. The molecule has 0 spiro atoms. The van der Waals surface area contributed by atoms with Crippen molar-refractivity contribution < 1.29 is 0 Å². The first kappa shape index (κ1) is 6.21. The van der Waals surface area contributed by atoms with E-state index < -0.39 is 0 Å². The highest BCUT2D eigenvalue weighted by Gasteiger charge is 1.73. The molecule has 2 heteroatoms. The molecule has 0 saturated carbocycles. The van der Waals surface area contributed by atoms with Gasteiger partial charge < -0.3 is 4.98 Å². The van der Waals surface area contributed by atoms with Crippen LogP contribution in [0.2, 0.25) is 0 Å². The molecule has 0 unspecified atom stereocenters. The maximum absolute atomic E-state index is 3.86. The van der Waals surface area contributed by atoms with Crippen molar-refractivity contribution in [1.29, 1.82) is 0 Å². The Hall–Kier alpha value is -0.790. The topological polar surface area (TPSA) is 28.7 Å². The third-order valence-electron chi connectivity index (χ3n) is 0.635. The molecule has 0 amide bonds. The minimum Gasteiger partial charge on any atom is -0.349 e. The number of imidazole rings is 1. The Kier molecular flexibility index (Phi) is 2.12. The molecule has 1 N–H and O–H groups in total. The molecule has 0 aromatic carbocycles. The van der Waals surface area contributed by atoms with Gasteiger partial charge in [-0.2, -0.15) is 0 Å². The van der Waals surface area contributed by atoms with E-state index in [0.717, 1.165) is 5.82 Å². The van der Waals surface area contributed by atoms with Crippen LogP contribution in [0.5, 0.6) is 0 Å². The highest BCUT2D eigenvalue weighted by Crippen LogP contribution is 1.78. The largest absolute Gasteiger partial charge is 0.349 e. The molecule has 7 heavy (non-hydrogen) atoms. The number of hydrogen-bond acceptors (Lipinski definition) is 1. The first-order chi connectivity index (χ1) is 2.89. The summed E-state index contributed by atoms with van der Waals surface area (Å²) in [4.78, 5) is 6.75. The highest BCUT2D eigenvalue weighted by molar-refractivity contribution is 4.80. The fourth-order valence-electron chi connectivity index (χ4n) is 0.344. The van der Waals surface area contributed by atoms with Crippen LogP contribution in [0.1, 0.15) is 13.3 Å². The second kappa shape index (κ2) is 2.39. The number of aromatic amines is 1. The summed E-state index contributed by atoms with van der Waals surface area (Å²) in [6.45, 7) is 1.92.